The zero-order valence-electron chi connectivity index (χ0n) is 16.9. The second-order valence-electron chi connectivity index (χ2n) is 7.53. The molecule has 0 aliphatic carbocycles. The molecule has 0 saturated carbocycles. The van der Waals surface area contributed by atoms with Crippen LogP contribution in [0.4, 0.5) is 13.2 Å². The SMILES string of the molecule is CCCN(CCC)CC(O)c1cc2ccc(C(F)(F)F)cc2c2cc(Cl)c(Cl)cc12. The fraction of sp³-hybridized carbons (Fsp3) is 0.391. The van der Waals surface area contributed by atoms with Crippen LogP contribution in [0.2, 0.25) is 10.0 Å². The van der Waals surface area contributed by atoms with Crippen LogP contribution in [0.5, 0.6) is 0 Å². The van der Waals surface area contributed by atoms with Gasteiger partial charge in [0, 0.05) is 6.54 Å². The molecule has 0 spiro atoms. The summed E-state index contributed by atoms with van der Waals surface area (Å²) in [5, 5.41) is 13.8. The molecule has 3 rings (SSSR count). The highest BCUT2D eigenvalue weighted by Crippen LogP contribution is 2.39. The van der Waals surface area contributed by atoms with Crippen LogP contribution in [-0.2, 0) is 6.18 Å². The number of rotatable bonds is 7. The van der Waals surface area contributed by atoms with E-state index in [2.05, 4.69) is 18.7 Å². The first-order valence-corrected chi connectivity index (χ1v) is 10.7. The standard InChI is InChI=1S/C23H24Cl2F3NO/c1-3-7-29(8-4-2)13-22(30)19-9-14-5-6-15(23(26,27)28)10-16(14)17-11-20(24)21(25)12-18(17)19/h5-6,9-12,22,30H,3-4,7-8,13H2,1-2H3. The number of nitrogens with zero attached hydrogens (tertiary/aromatic N) is 1. The van der Waals surface area contributed by atoms with Crippen molar-refractivity contribution in [1.82, 2.24) is 4.90 Å². The van der Waals surface area contributed by atoms with Crippen molar-refractivity contribution in [2.75, 3.05) is 19.6 Å². The zero-order valence-corrected chi connectivity index (χ0v) is 18.4. The topological polar surface area (TPSA) is 23.5 Å². The van der Waals surface area contributed by atoms with E-state index in [0.717, 1.165) is 38.1 Å². The second kappa shape index (κ2) is 9.31. The number of hydrogen-bond donors (Lipinski definition) is 1. The van der Waals surface area contributed by atoms with E-state index in [1.165, 1.54) is 6.07 Å². The van der Waals surface area contributed by atoms with Crippen LogP contribution in [0.25, 0.3) is 21.5 Å². The van der Waals surface area contributed by atoms with E-state index in [4.69, 9.17) is 23.2 Å². The van der Waals surface area contributed by atoms with Crippen LogP contribution in [0, 0.1) is 0 Å². The molecule has 1 unspecified atom stereocenters. The summed E-state index contributed by atoms with van der Waals surface area (Å²) in [5.74, 6) is 0. The van der Waals surface area contributed by atoms with Gasteiger partial charge in [-0.15, -0.1) is 0 Å². The molecule has 162 valence electrons. The first kappa shape index (κ1) is 23.1. The summed E-state index contributed by atoms with van der Waals surface area (Å²) in [6.07, 6.45) is -3.33. The maximum Gasteiger partial charge on any atom is 0.416 e. The third-order valence-electron chi connectivity index (χ3n) is 5.22. The monoisotopic (exact) mass is 457 g/mol. The minimum Gasteiger partial charge on any atom is -0.387 e. The Labute approximate surface area is 184 Å². The van der Waals surface area contributed by atoms with Gasteiger partial charge in [-0.3, -0.25) is 0 Å². The molecule has 0 bridgehead atoms. The van der Waals surface area contributed by atoms with Crippen molar-refractivity contribution in [3.63, 3.8) is 0 Å². The van der Waals surface area contributed by atoms with Gasteiger partial charge in [-0.25, -0.2) is 0 Å². The molecule has 0 aliphatic heterocycles. The third kappa shape index (κ3) is 4.86. The predicted molar refractivity (Wildman–Crippen MR) is 118 cm³/mol. The molecule has 3 aromatic carbocycles. The summed E-state index contributed by atoms with van der Waals surface area (Å²) >= 11 is 12.4. The molecule has 3 aromatic rings. The fourth-order valence-corrected chi connectivity index (χ4v) is 4.22. The van der Waals surface area contributed by atoms with Crippen LogP contribution >= 0.6 is 23.2 Å². The molecule has 7 heteroatoms. The van der Waals surface area contributed by atoms with Crippen LogP contribution in [0.3, 0.4) is 0 Å². The molecule has 2 nitrogen and oxygen atoms in total. The zero-order chi connectivity index (χ0) is 22.1. The Balaban J connectivity index is 2.19. The van der Waals surface area contributed by atoms with E-state index in [9.17, 15) is 18.3 Å². The van der Waals surface area contributed by atoms with Crippen molar-refractivity contribution in [3.05, 3.63) is 57.6 Å². The van der Waals surface area contributed by atoms with Gasteiger partial charge in [-0.05, 0) is 83.4 Å². The highest BCUT2D eigenvalue weighted by Gasteiger charge is 2.31. The van der Waals surface area contributed by atoms with Crippen LogP contribution in [0.15, 0.2) is 36.4 Å². The van der Waals surface area contributed by atoms with Crippen molar-refractivity contribution < 1.29 is 18.3 Å². The Kier molecular flexibility index (Phi) is 7.18. The molecule has 30 heavy (non-hydrogen) atoms. The Morgan fingerprint density at radius 1 is 0.900 bits per heavy atom. The molecule has 0 radical (unpaired) electrons. The summed E-state index contributed by atoms with van der Waals surface area (Å²) in [4.78, 5) is 2.19. The molecule has 0 aliphatic rings. The minimum absolute atomic E-state index is 0.258. The van der Waals surface area contributed by atoms with E-state index in [0.29, 0.717) is 38.7 Å². The normalized spacial score (nSPS) is 13.5. The lowest BCUT2D eigenvalue weighted by Crippen LogP contribution is -2.30. The molecule has 0 aromatic heterocycles. The number of aliphatic hydroxyl groups is 1. The Bertz CT molecular complexity index is 1050. The lowest BCUT2D eigenvalue weighted by atomic mass is 9.93. The number of alkyl halides is 3. The van der Waals surface area contributed by atoms with Gasteiger partial charge in [0.05, 0.1) is 21.7 Å². The third-order valence-corrected chi connectivity index (χ3v) is 5.95. The van der Waals surface area contributed by atoms with E-state index in [1.807, 2.05) is 0 Å². The van der Waals surface area contributed by atoms with Crippen LogP contribution in [0.1, 0.15) is 43.9 Å². The van der Waals surface area contributed by atoms with Gasteiger partial charge in [0.25, 0.3) is 0 Å². The number of fused-ring (bicyclic) bond motifs is 3. The predicted octanol–water partition coefficient (Wildman–Crippen LogP) is 7.47. The van der Waals surface area contributed by atoms with Crippen molar-refractivity contribution >= 4 is 44.7 Å². The number of halogens is 5. The Morgan fingerprint density at radius 3 is 2.07 bits per heavy atom. The van der Waals surface area contributed by atoms with Gasteiger partial charge in [0.2, 0.25) is 0 Å². The smallest absolute Gasteiger partial charge is 0.387 e. The van der Waals surface area contributed by atoms with Crippen molar-refractivity contribution in [3.8, 4) is 0 Å². The first-order valence-electron chi connectivity index (χ1n) is 9.98. The van der Waals surface area contributed by atoms with Gasteiger partial charge in [-0.2, -0.15) is 13.2 Å². The average Bonchev–Trinajstić information content (AvgIpc) is 2.67. The van der Waals surface area contributed by atoms with Crippen molar-refractivity contribution in [1.29, 1.82) is 0 Å². The molecular formula is C23H24Cl2F3NO. The molecule has 0 saturated heterocycles. The van der Waals surface area contributed by atoms with Crippen molar-refractivity contribution in [2.24, 2.45) is 0 Å². The van der Waals surface area contributed by atoms with Crippen molar-refractivity contribution in [2.45, 2.75) is 39.0 Å². The maximum atomic E-state index is 13.3. The van der Waals surface area contributed by atoms with E-state index < -0.39 is 17.8 Å². The number of benzene rings is 3. The molecule has 1 atom stereocenters. The van der Waals surface area contributed by atoms with Crippen LogP contribution in [-0.4, -0.2) is 29.6 Å². The summed E-state index contributed by atoms with van der Waals surface area (Å²) in [7, 11) is 0. The summed E-state index contributed by atoms with van der Waals surface area (Å²) in [6, 6.07) is 8.57. The highest BCUT2D eigenvalue weighted by molar-refractivity contribution is 6.43. The molecule has 0 fully saturated rings. The lowest BCUT2D eigenvalue weighted by molar-refractivity contribution is -0.137. The Morgan fingerprint density at radius 2 is 1.50 bits per heavy atom. The number of hydrogen-bond acceptors (Lipinski definition) is 2. The Hall–Kier alpha value is -1.53. The quantitative estimate of drug-likeness (QED) is 0.371. The van der Waals surface area contributed by atoms with E-state index in [1.54, 1.807) is 18.2 Å². The second-order valence-corrected chi connectivity index (χ2v) is 8.34. The summed E-state index contributed by atoms with van der Waals surface area (Å²) in [5.41, 5.74) is -0.0965. The molecule has 0 heterocycles. The summed E-state index contributed by atoms with van der Waals surface area (Å²) < 4.78 is 39.8. The van der Waals surface area contributed by atoms with Gasteiger partial charge >= 0.3 is 6.18 Å². The highest BCUT2D eigenvalue weighted by atomic mass is 35.5. The number of aliphatic hydroxyl groups excluding tert-OH is 1. The maximum absolute atomic E-state index is 13.3. The molecular weight excluding hydrogens is 434 g/mol. The minimum atomic E-state index is -4.45. The van der Waals surface area contributed by atoms with Crippen LogP contribution < -0.4 is 0 Å². The van der Waals surface area contributed by atoms with Gasteiger partial charge in [-0.1, -0.05) is 43.1 Å². The summed E-state index contributed by atoms with van der Waals surface area (Å²) in [6.45, 7) is 6.32. The van der Waals surface area contributed by atoms with E-state index in [-0.39, 0.29) is 5.02 Å². The molecule has 1 N–H and O–H groups in total. The van der Waals surface area contributed by atoms with Gasteiger partial charge in [0.1, 0.15) is 0 Å². The fourth-order valence-electron chi connectivity index (χ4n) is 3.89. The average molecular weight is 458 g/mol. The van der Waals surface area contributed by atoms with E-state index >= 15 is 0 Å². The first-order chi connectivity index (χ1) is 14.2. The van der Waals surface area contributed by atoms with Gasteiger partial charge < -0.3 is 10.0 Å². The lowest BCUT2D eigenvalue weighted by Gasteiger charge is -2.25. The molecule has 0 amide bonds. The largest absolute Gasteiger partial charge is 0.416 e. The van der Waals surface area contributed by atoms with Gasteiger partial charge in [0.15, 0.2) is 0 Å².